The van der Waals surface area contributed by atoms with Crippen LogP contribution in [0.2, 0.25) is 0 Å². The van der Waals surface area contributed by atoms with Gasteiger partial charge in [-0.3, -0.25) is 0 Å². The van der Waals surface area contributed by atoms with Crippen LogP contribution in [-0.4, -0.2) is 29.0 Å². The third-order valence-electron chi connectivity index (χ3n) is 4.29. The molecular weight excluding hydrogens is 220 g/mol. The number of aromatic nitrogens is 1. The van der Waals surface area contributed by atoms with Gasteiger partial charge >= 0.3 is 0 Å². The molecule has 18 heavy (non-hydrogen) atoms. The number of hydrogen-bond donors (Lipinski definition) is 1. The van der Waals surface area contributed by atoms with Gasteiger partial charge in [-0.15, -0.1) is 0 Å². The second-order valence-electron chi connectivity index (χ2n) is 5.34. The van der Waals surface area contributed by atoms with E-state index in [0.717, 1.165) is 6.04 Å². The summed E-state index contributed by atoms with van der Waals surface area (Å²) >= 11 is 0. The maximum absolute atomic E-state index is 3.39. The van der Waals surface area contributed by atoms with Crippen molar-refractivity contribution in [2.24, 2.45) is 0 Å². The predicted octanol–water partition coefficient (Wildman–Crippen LogP) is 3.58. The molecule has 2 aromatic rings. The van der Waals surface area contributed by atoms with Crippen LogP contribution in [0.4, 0.5) is 0 Å². The number of aromatic amines is 1. The number of H-pyrrole nitrogens is 1. The second-order valence-corrected chi connectivity index (χ2v) is 5.34. The van der Waals surface area contributed by atoms with Crippen molar-refractivity contribution in [2.75, 3.05) is 13.1 Å². The van der Waals surface area contributed by atoms with Gasteiger partial charge in [-0.05, 0) is 44.0 Å². The molecule has 1 atom stereocenters. The molecule has 1 unspecified atom stereocenters. The highest BCUT2D eigenvalue weighted by molar-refractivity contribution is 5.83. The molecule has 96 valence electrons. The van der Waals surface area contributed by atoms with Crippen LogP contribution < -0.4 is 0 Å². The zero-order chi connectivity index (χ0) is 12.4. The summed E-state index contributed by atoms with van der Waals surface area (Å²) in [6.45, 7) is 4.75. The fraction of sp³-hybridized carbons (Fsp3) is 0.500. The van der Waals surface area contributed by atoms with E-state index in [2.05, 4.69) is 47.3 Å². The molecule has 2 heterocycles. The Kier molecular flexibility index (Phi) is 3.37. The monoisotopic (exact) mass is 242 g/mol. The lowest BCUT2D eigenvalue weighted by atomic mass is 9.95. The Morgan fingerprint density at radius 3 is 3.06 bits per heavy atom. The summed E-state index contributed by atoms with van der Waals surface area (Å²) in [4.78, 5) is 6.04. The molecule has 0 saturated carbocycles. The van der Waals surface area contributed by atoms with Crippen molar-refractivity contribution in [3.05, 3.63) is 36.0 Å². The lowest BCUT2D eigenvalue weighted by Gasteiger charge is -2.34. The van der Waals surface area contributed by atoms with E-state index >= 15 is 0 Å². The predicted molar refractivity (Wildman–Crippen MR) is 76.9 cm³/mol. The Hall–Kier alpha value is -1.28. The summed E-state index contributed by atoms with van der Waals surface area (Å²) in [6, 6.07) is 9.38. The van der Waals surface area contributed by atoms with Crippen LogP contribution in [0.3, 0.4) is 0 Å². The number of nitrogens with one attached hydrogen (secondary N) is 1. The molecule has 1 saturated heterocycles. The number of fused-ring (bicyclic) bond motifs is 1. The number of piperidine rings is 1. The van der Waals surface area contributed by atoms with Crippen LogP contribution >= 0.6 is 0 Å². The molecule has 0 bridgehead atoms. The van der Waals surface area contributed by atoms with Crippen LogP contribution in [0.25, 0.3) is 10.9 Å². The Balaban J connectivity index is 1.82. The van der Waals surface area contributed by atoms with Crippen molar-refractivity contribution in [2.45, 2.75) is 38.6 Å². The topological polar surface area (TPSA) is 19.0 Å². The molecule has 3 rings (SSSR count). The number of benzene rings is 1. The first-order chi connectivity index (χ1) is 8.88. The maximum Gasteiger partial charge on any atom is 0.0456 e. The van der Waals surface area contributed by atoms with Gasteiger partial charge < -0.3 is 9.88 Å². The van der Waals surface area contributed by atoms with E-state index in [4.69, 9.17) is 0 Å². The van der Waals surface area contributed by atoms with Gasteiger partial charge in [0.1, 0.15) is 0 Å². The summed E-state index contributed by atoms with van der Waals surface area (Å²) in [5.41, 5.74) is 2.75. The summed E-state index contributed by atoms with van der Waals surface area (Å²) in [7, 11) is 0. The smallest absolute Gasteiger partial charge is 0.0456 e. The molecule has 2 heteroatoms. The fourth-order valence-electron chi connectivity index (χ4n) is 3.26. The van der Waals surface area contributed by atoms with Gasteiger partial charge in [-0.1, -0.05) is 31.5 Å². The zero-order valence-electron chi connectivity index (χ0n) is 11.2. The van der Waals surface area contributed by atoms with Crippen LogP contribution in [0, 0.1) is 0 Å². The Morgan fingerprint density at radius 2 is 2.17 bits per heavy atom. The zero-order valence-corrected chi connectivity index (χ0v) is 11.2. The van der Waals surface area contributed by atoms with Crippen LogP contribution in [0.5, 0.6) is 0 Å². The molecule has 0 radical (unpaired) electrons. The summed E-state index contributed by atoms with van der Waals surface area (Å²) in [6.07, 6.45) is 7.51. The van der Waals surface area contributed by atoms with Gasteiger partial charge in [-0.2, -0.15) is 0 Å². The van der Waals surface area contributed by atoms with E-state index in [1.807, 2.05) is 0 Å². The second kappa shape index (κ2) is 5.15. The van der Waals surface area contributed by atoms with Crippen LogP contribution in [-0.2, 0) is 6.42 Å². The van der Waals surface area contributed by atoms with Gasteiger partial charge in [0, 0.05) is 23.1 Å². The van der Waals surface area contributed by atoms with E-state index in [0.29, 0.717) is 0 Å². The van der Waals surface area contributed by atoms with Gasteiger partial charge in [0.15, 0.2) is 0 Å². The highest BCUT2D eigenvalue weighted by Gasteiger charge is 2.21. The molecule has 0 amide bonds. The van der Waals surface area contributed by atoms with E-state index in [1.54, 1.807) is 0 Å². The number of hydrogen-bond acceptors (Lipinski definition) is 1. The molecule has 2 nitrogen and oxygen atoms in total. The maximum atomic E-state index is 3.39. The van der Waals surface area contributed by atoms with Gasteiger partial charge in [0.05, 0.1) is 0 Å². The Bertz CT molecular complexity index is 515. The third-order valence-corrected chi connectivity index (χ3v) is 4.29. The Labute approximate surface area is 109 Å². The number of likely N-dealkylation sites (N-methyl/N-ethyl adjacent to an activating group) is 1. The number of nitrogens with zero attached hydrogens (tertiary/aromatic N) is 1. The van der Waals surface area contributed by atoms with Crippen molar-refractivity contribution in [1.82, 2.24) is 9.88 Å². The largest absolute Gasteiger partial charge is 0.361 e. The minimum absolute atomic E-state index is 0.739. The van der Waals surface area contributed by atoms with Crippen molar-refractivity contribution >= 4 is 10.9 Å². The van der Waals surface area contributed by atoms with Crippen molar-refractivity contribution in [1.29, 1.82) is 0 Å². The van der Waals surface area contributed by atoms with Crippen LogP contribution in [0.1, 0.15) is 31.7 Å². The van der Waals surface area contributed by atoms with E-state index in [-0.39, 0.29) is 0 Å². The quantitative estimate of drug-likeness (QED) is 0.871. The number of rotatable bonds is 3. The third kappa shape index (κ3) is 2.17. The number of para-hydroxylation sites is 1. The molecule has 1 aliphatic rings. The molecule has 1 N–H and O–H groups in total. The standard InChI is InChI=1S/C16H22N2/c1-2-18-10-6-5-7-14(18)11-13-12-17-16-9-4-3-8-15(13)16/h3-4,8-9,12,14,17H,2,5-7,10-11H2,1H3. The highest BCUT2D eigenvalue weighted by Crippen LogP contribution is 2.24. The molecular formula is C16H22N2. The lowest BCUT2D eigenvalue weighted by Crippen LogP contribution is -2.40. The summed E-state index contributed by atoms with van der Waals surface area (Å²) < 4.78 is 0. The lowest BCUT2D eigenvalue weighted by molar-refractivity contribution is 0.156. The molecule has 0 aliphatic carbocycles. The molecule has 1 aromatic heterocycles. The minimum atomic E-state index is 0.739. The van der Waals surface area contributed by atoms with Gasteiger partial charge in [0.2, 0.25) is 0 Å². The SMILES string of the molecule is CCN1CCCCC1Cc1c[nH]c2ccccc12. The van der Waals surface area contributed by atoms with Gasteiger partial charge in [0.25, 0.3) is 0 Å². The molecule has 1 fully saturated rings. The molecule has 1 aliphatic heterocycles. The summed E-state index contributed by atoms with van der Waals surface area (Å²) in [5, 5.41) is 1.40. The first-order valence-electron chi connectivity index (χ1n) is 7.17. The average Bonchev–Trinajstić information content (AvgIpc) is 2.83. The van der Waals surface area contributed by atoms with Crippen molar-refractivity contribution in [3.63, 3.8) is 0 Å². The van der Waals surface area contributed by atoms with Gasteiger partial charge in [-0.25, -0.2) is 0 Å². The molecule has 0 spiro atoms. The van der Waals surface area contributed by atoms with Crippen molar-refractivity contribution < 1.29 is 0 Å². The van der Waals surface area contributed by atoms with E-state index < -0.39 is 0 Å². The summed E-state index contributed by atoms with van der Waals surface area (Å²) in [5.74, 6) is 0. The van der Waals surface area contributed by atoms with E-state index in [9.17, 15) is 0 Å². The number of likely N-dealkylation sites (tertiary alicyclic amines) is 1. The first kappa shape index (κ1) is 11.8. The van der Waals surface area contributed by atoms with Crippen LogP contribution in [0.15, 0.2) is 30.5 Å². The fourth-order valence-corrected chi connectivity index (χ4v) is 3.26. The first-order valence-corrected chi connectivity index (χ1v) is 7.17. The highest BCUT2D eigenvalue weighted by atomic mass is 15.2. The Morgan fingerprint density at radius 1 is 1.28 bits per heavy atom. The average molecular weight is 242 g/mol. The van der Waals surface area contributed by atoms with E-state index in [1.165, 1.54) is 55.2 Å². The normalized spacial score (nSPS) is 21.5. The molecule has 1 aromatic carbocycles. The minimum Gasteiger partial charge on any atom is -0.361 e. The van der Waals surface area contributed by atoms with Crippen molar-refractivity contribution in [3.8, 4) is 0 Å².